The summed E-state index contributed by atoms with van der Waals surface area (Å²) in [5, 5.41) is 4.53. The van der Waals surface area contributed by atoms with Crippen LogP contribution in [0, 0.1) is 0 Å². The molecule has 5 heteroatoms. The van der Waals surface area contributed by atoms with Gasteiger partial charge in [-0.3, -0.25) is 4.68 Å². The van der Waals surface area contributed by atoms with Crippen molar-refractivity contribution in [2.45, 2.75) is 6.42 Å². The average Bonchev–Trinajstić information content (AvgIpc) is 2.67. The smallest absolute Gasteiger partial charge is 0.118 e. The third-order valence-corrected chi connectivity index (χ3v) is 3.68. The molecule has 0 aliphatic rings. The third kappa shape index (κ3) is 2.42. The SMILES string of the molecule is COc1ccc(-c2nn(C)c(CCN)c2Br)cc1. The van der Waals surface area contributed by atoms with Gasteiger partial charge in [-0.2, -0.15) is 5.10 Å². The molecule has 4 nitrogen and oxygen atoms in total. The summed E-state index contributed by atoms with van der Waals surface area (Å²) < 4.78 is 8.03. The normalized spacial score (nSPS) is 10.7. The summed E-state index contributed by atoms with van der Waals surface area (Å²) in [4.78, 5) is 0. The van der Waals surface area contributed by atoms with Gasteiger partial charge in [0.2, 0.25) is 0 Å². The summed E-state index contributed by atoms with van der Waals surface area (Å²) in [5.41, 5.74) is 8.71. The summed E-state index contributed by atoms with van der Waals surface area (Å²) in [5.74, 6) is 0.841. The predicted molar refractivity (Wildman–Crippen MR) is 75.7 cm³/mol. The maximum Gasteiger partial charge on any atom is 0.118 e. The van der Waals surface area contributed by atoms with Crippen molar-refractivity contribution in [2.24, 2.45) is 12.8 Å². The van der Waals surface area contributed by atoms with Crippen LogP contribution in [0.1, 0.15) is 5.69 Å². The Bertz CT molecular complexity index is 534. The zero-order valence-corrected chi connectivity index (χ0v) is 12.1. The maximum absolute atomic E-state index is 5.61. The first-order chi connectivity index (χ1) is 8.67. The fraction of sp³-hybridized carbons (Fsp3) is 0.308. The third-order valence-electron chi connectivity index (χ3n) is 2.85. The molecule has 0 amide bonds. The van der Waals surface area contributed by atoms with Gasteiger partial charge in [0.15, 0.2) is 0 Å². The van der Waals surface area contributed by atoms with Crippen molar-refractivity contribution in [1.82, 2.24) is 9.78 Å². The van der Waals surface area contributed by atoms with Crippen molar-refractivity contribution in [3.8, 4) is 17.0 Å². The molecule has 0 spiro atoms. The van der Waals surface area contributed by atoms with Crippen LogP contribution >= 0.6 is 15.9 Å². The quantitative estimate of drug-likeness (QED) is 0.943. The molecule has 96 valence electrons. The van der Waals surface area contributed by atoms with Crippen LogP contribution in [0.25, 0.3) is 11.3 Å². The topological polar surface area (TPSA) is 53.1 Å². The van der Waals surface area contributed by atoms with Gasteiger partial charge in [-0.25, -0.2) is 0 Å². The van der Waals surface area contributed by atoms with E-state index in [1.807, 2.05) is 36.0 Å². The lowest BCUT2D eigenvalue weighted by molar-refractivity contribution is 0.415. The minimum absolute atomic E-state index is 0.611. The number of ether oxygens (including phenoxy) is 1. The molecule has 0 aliphatic carbocycles. The average molecular weight is 310 g/mol. The van der Waals surface area contributed by atoms with Crippen LogP contribution in [-0.4, -0.2) is 23.4 Å². The molecular formula is C13H16BrN3O. The van der Waals surface area contributed by atoms with Gasteiger partial charge in [-0.1, -0.05) is 0 Å². The molecule has 0 saturated carbocycles. The van der Waals surface area contributed by atoms with E-state index in [4.69, 9.17) is 10.5 Å². The minimum Gasteiger partial charge on any atom is -0.497 e. The molecule has 0 atom stereocenters. The second kappa shape index (κ2) is 5.54. The Morgan fingerprint density at radius 2 is 2.00 bits per heavy atom. The molecule has 0 bridgehead atoms. The van der Waals surface area contributed by atoms with Crippen molar-refractivity contribution in [3.05, 3.63) is 34.4 Å². The van der Waals surface area contributed by atoms with Gasteiger partial charge in [0.1, 0.15) is 11.4 Å². The number of benzene rings is 1. The van der Waals surface area contributed by atoms with Crippen molar-refractivity contribution in [3.63, 3.8) is 0 Å². The molecule has 18 heavy (non-hydrogen) atoms. The van der Waals surface area contributed by atoms with Crippen LogP contribution in [0.15, 0.2) is 28.7 Å². The summed E-state index contributed by atoms with van der Waals surface area (Å²) >= 11 is 3.61. The highest BCUT2D eigenvalue weighted by atomic mass is 79.9. The van der Waals surface area contributed by atoms with Crippen molar-refractivity contribution in [1.29, 1.82) is 0 Å². The molecule has 0 aliphatic heterocycles. The van der Waals surface area contributed by atoms with Crippen molar-refractivity contribution in [2.75, 3.05) is 13.7 Å². The van der Waals surface area contributed by atoms with E-state index in [9.17, 15) is 0 Å². The van der Waals surface area contributed by atoms with Crippen LogP contribution in [0.2, 0.25) is 0 Å². The van der Waals surface area contributed by atoms with Gasteiger partial charge < -0.3 is 10.5 Å². The Morgan fingerprint density at radius 3 is 2.56 bits per heavy atom. The molecule has 0 unspecified atom stereocenters. The number of rotatable bonds is 4. The summed E-state index contributed by atoms with van der Waals surface area (Å²) in [6.45, 7) is 0.611. The first-order valence-corrected chi connectivity index (χ1v) is 6.52. The van der Waals surface area contributed by atoms with Crippen LogP contribution in [0.3, 0.4) is 0 Å². The Kier molecular flexibility index (Phi) is 4.04. The molecule has 1 heterocycles. The molecule has 2 aromatic rings. The Balaban J connectivity index is 2.40. The Hall–Kier alpha value is -1.33. The highest BCUT2D eigenvalue weighted by molar-refractivity contribution is 9.10. The van der Waals surface area contributed by atoms with Gasteiger partial charge in [-0.05, 0) is 46.7 Å². The molecule has 1 aromatic carbocycles. The van der Waals surface area contributed by atoms with Crippen LogP contribution in [0.5, 0.6) is 5.75 Å². The highest BCUT2D eigenvalue weighted by Crippen LogP contribution is 2.31. The van der Waals surface area contributed by atoms with Crippen LogP contribution in [-0.2, 0) is 13.5 Å². The number of aromatic nitrogens is 2. The van der Waals surface area contributed by atoms with E-state index in [1.165, 1.54) is 0 Å². The minimum atomic E-state index is 0.611. The lowest BCUT2D eigenvalue weighted by Gasteiger charge is -2.01. The van der Waals surface area contributed by atoms with E-state index in [2.05, 4.69) is 21.0 Å². The molecule has 0 radical (unpaired) electrons. The lowest BCUT2D eigenvalue weighted by atomic mass is 10.1. The Labute approximate surface area is 115 Å². The van der Waals surface area contributed by atoms with E-state index in [-0.39, 0.29) is 0 Å². The molecule has 0 saturated heterocycles. The monoisotopic (exact) mass is 309 g/mol. The van der Waals surface area contributed by atoms with E-state index < -0.39 is 0 Å². The number of hydrogen-bond acceptors (Lipinski definition) is 3. The zero-order valence-electron chi connectivity index (χ0n) is 10.5. The highest BCUT2D eigenvalue weighted by Gasteiger charge is 2.14. The van der Waals surface area contributed by atoms with Gasteiger partial charge in [0.05, 0.1) is 17.3 Å². The van der Waals surface area contributed by atoms with E-state index in [1.54, 1.807) is 7.11 Å². The number of nitrogens with zero attached hydrogens (tertiary/aromatic N) is 2. The second-order valence-corrected chi connectivity index (χ2v) is 4.79. The second-order valence-electron chi connectivity index (χ2n) is 4.00. The van der Waals surface area contributed by atoms with Crippen LogP contribution < -0.4 is 10.5 Å². The predicted octanol–water partition coefficient (Wildman–Crippen LogP) is 2.36. The number of nitrogens with two attached hydrogens (primary N) is 1. The number of hydrogen-bond donors (Lipinski definition) is 1. The van der Waals surface area contributed by atoms with Gasteiger partial charge >= 0.3 is 0 Å². The maximum atomic E-state index is 5.61. The zero-order chi connectivity index (χ0) is 13.1. The summed E-state index contributed by atoms with van der Waals surface area (Å²) in [7, 11) is 3.59. The van der Waals surface area contributed by atoms with Gasteiger partial charge in [-0.15, -0.1) is 0 Å². The van der Waals surface area contributed by atoms with Gasteiger partial charge in [0, 0.05) is 19.0 Å². The lowest BCUT2D eigenvalue weighted by Crippen LogP contribution is -2.07. The van der Waals surface area contributed by atoms with Gasteiger partial charge in [0.25, 0.3) is 0 Å². The molecule has 0 fully saturated rings. The standard InChI is InChI=1S/C13H16BrN3O/c1-17-11(7-8-15)12(14)13(16-17)9-3-5-10(18-2)6-4-9/h3-6H,7-8,15H2,1-2H3. The first-order valence-electron chi connectivity index (χ1n) is 5.73. The first kappa shape index (κ1) is 13.1. The van der Waals surface area contributed by atoms with Crippen molar-refractivity contribution >= 4 is 15.9 Å². The summed E-state index contributed by atoms with van der Waals surface area (Å²) in [6.07, 6.45) is 0.806. The largest absolute Gasteiger partial charge is 0.497 e. The van der Waals surface area contributed by atoms with E-state index >= 15 is 0 Å². The number of methoxy groups -OCH3 is 1. The molecular weight excluding hydrogens is 294 g/mol. The number of halogens is 1. The fourth-order valence-electron chi connectivity index (χ4n) is 1.87. The fourth-order valence-corrected chi connectivity index (χ4v) is 2.64. The molecule has 1 aromatic heterocycles. The number of aryl methyl sites for hydroxylation is 1. The van der Waals surface area contributed by atoms with Crippen molar-refractivity contribution < 1.29 is 4.74 Å². The van der Waals surface area contributed by atoms with Crippen LogP contribution in [0.4, 0.5) is 0 Å². The van der Waals surface area contributed by atoms with E-state index in [0.717, 1.165) is 33.6 Å². The molecule has 2 rings (SSSR count). The van der Waals surface area contributed by atoms with E-state index in [0.29, 0.717) is 6.54 Å². The molecule has 2 N–H and O–H groups in total. The summed E-state index contributed by atoms with van der Waals surface area (Å²) in [6, 6.07) is 7.86. The Morgan fingerprint density at radius 1 is 1.33 bits per heavy atom.